The van der Waals surface area contributed by atoms with Gasteiger partial charge in [0.15, 0.2) is 0 Å². The number of carbonyl (C=O) groups excluding carboxylic acids is 2. The van der Waals surface area contributed by atoms with Crippen LogP contribution in [-0.4, -0.2) is 18.0 Å². The molecule has 1 aromatic rings. The largest absolute Gasteiger partial charge is 0.329 e. The van der Waals surface area contributed by atoms with Crippen molar-refractivity contribution in [2.75, 3.05) is 4.90 Å². The first-order chi connectivity index (χ1) is 8.54. The van der Waals surface area contributed by atoms with E-state index in [4.69, 9.17) is 0 Å². The summed E-state index contributed by atoms with van der Waals surface area (Å²) in [5.74, 6) is -2.31. The third-order valence-corrected chi connectivity index (χ3v) is 2.57. The minimum atomic E-state index is -0.960. The van der Waals surface area contributed by atoms with E-state index in [-0.39, 0.29) is 12.1 Å². The van der Waals surface area contributed by atoms with Gasteiger partial charge in [-0.05, 0) is 18.6 Å². The van der Waals surface area contributed by atoms with Gasteiger partial charge in [0.2, 0.25) is 0 Å². The molecular formula is C12H10F2N2O2. The molecule has 0 radical (unpaired) electrons. The maximum atomic E-state index is 13.5. The van der Waals surface area contributed by atoms with Crippen LogP contribution < -0.4 is 10.2 Å². The Labute approximate surface area is 102 Å². The van der Waals surface area contributed by atoms with E-state index < -0.39 is 29.6 Å². The van der Waals surface area contributed by atoms with Crippen LogP contribution in [0.3, 0.4) is 0 Å². The Morgan fingerprint density at radius 2 is 2.11 bits per heavy atom. The molecule has 0 saturated carbocycles. The van der Waals surface area contributed by atoms with Crippen LogP contribution in [0.5, 0.6) is 0 Å². The minimum Gasteiger partial charge on any atom is -0.325 e. The summed E-state index contributed by atoms with van der Waals surface area (Å²) >= 11 is 0. The molecule has 1 aliphatic heterocycles. The van der Waals surface area contributed by atoms with Crippen LogP contribution in [0.15, 0.2) is 30.9 Å². The van der Waals surface area contributed by atoms with Gasteiger partial charge in [-0.1, -0.05) is 6.08 Å². The zero-order chi connectivity index (χ0) is 13.3. The van der Waals surface area contributed by atoms with Gasteiger partial charge in [0.1, 0.15) is 17.7 Å². The topological polar surface area (TPSA) is 49.4 Å². The maximum Gasteiger partial charge on any atom is 0.329 e. The molecule has 0 aliphatic carbocycles. The van der Waals surface area contributed by atoms with Crippen LogP contribution in [0, 0.1) is 11.6 Å². The highest BCUT2D eigenvalue weighted by atomic mass is 19.1. The second-order valence-electron chi connectivity index (χ2n) is 3.80. The molecule has 1 aliphatic rings. The molecule has 0 spiro atoms. The lowest BCUT2D eigenvalue weighted by Crippen LogP contribution is -2.32. The number of nitrogens with one attached hydrogen (secondary N) is 1. The van der Waals surface area contributed by atoms with E-state index in [1.54, 1.807) is 0 Å². The summed E-state index contributed by atoms with van der Waals surface area (Å²) in [6.07, 6.45) is 1.73. The first-order valence-corrected chi connectivity index (χ1v) is 5.25. The number of benzene rings is 1. The molecule has 1 aromatic carbocycles. The lowest BCUT2D eigenvalue weighted by Gasteiger charge is -2.13. The zero-order valence-corrected chi connectivity index (χ0v) is 9.32. The summed E-state index contributed by atoms with van der Waals surface area (Å²) in [4.78, 5) is 24.2. The third kappa shape index (κ3) is 1.97. The zero-order valence-electron chi connectivity index (χ0n) is 9.32. The number of imide groups is 1. The van der Waals surface area contributed by atoms with E-state index in [1.807, 2.05) is 0 Å². The van der Waals surface area contributed by atoms with Crippen LogP contribution in [0.2, 0.25) is 0 Å². The van der Waals surface area contributed by atoms with Gasteiger partial charge >= 0.3 is 6.03 Å². The lowest BCUT2D eigenvalue weighted by atomic mass is 10.2. The second kappa shape index (κ2) is 4.56. The Morgan fingerprint density at radius 1 is 1.39 bits per heavy atom. The van der Waals surface area contributed by atoms with Crippen molar-refractivity contribution in [3.8, 4) is 0 Å². The Balaban J connectivity index is 2.36. The summed E-state index contributed by atoms with van der Waals surface area (Å²) in [6, 6.07) is 1.19. The van der Waals surface area contributed by atoms with Gasteiger partial charge in [-0.3, -0.25) is 4.79 Å². The molecule has 18 heavy (non-hydrogen) atoms. The highest BCUT2D eigenvalue weighted by Gasteiger charge is 2.39. The maximum absolute atomic E-state index is 13.5. The van der Waals surface area contributed by atoms with E-state index in [9.17, 15) is 18.4 Å². The van der Waals surface area contributed by atoms with Crippen LogP contribution in [0.1, 0.15) is 6.42 Å². The predicted molar refractivity (Wildman–Crippen MR) is 61.0 cm³/mol. The Bertz CT molecular complexity index is 531. The number of rotatable bonds is 3. The molecule has 0 aromatic heterocycles. The van der Waals surface area contributed by atoms with Crippen molar-refractivity contribution >= 4 is 17.6 Å². The lowest BCUT2D eigenvalue weighted by molar-refractivity contribution is -0.118. The fraction of sp³-hybridized carbons (Fsp3) is 0.167. The number of hydrogen-bond acceptors (Lipinski definition) is 2. The van der Waals surface area contributed by atoms with Crippen LogP contribution in [0.4, 0.5) is 19.3 Å². The highest BCUT2D eigenvalue weighted by molar-refractivity contribution is 6.21. The van der Waals surface area contributed by atoms with Gasteiger partial charge in [-0.2, -0.15) is 0 Å². The molecule has 1 N–H and O–H groups in total. The molecule has 0 bridgehead atoms. The highest BCUT2D eigenvalue weighted by Crippen LogP contribution is 2.24. The first kappa shape index (κ1) is 12.2. The first-order valence-electron chi connectivity index (χ1n) is 5.25. The molecule has 6 heteroatoms. The Hall–Kier alpha value is -2.24. The van der Waals surface area contributed by atoms with Crippen molar-refractivity contribution in [1.82, 2.24) is 5.32 Å². The van der Waals surface area contributed by atoms with Crippen LogP contribution >= 0.6 is 0 Å². The van der Waals surface area contributed by atoms with Gasteiger partial charge in [-0.25, -0.2) is 18.5 Å². The summed E-state index contributed by atoms with van der Waals surface area (Å²) < 4.78 is 26.3. The minimum absolute atomic E-state index is 0.254. The van der Waals surface area contributed by atoms with Crippen molar-refractivity contribution in [1.29, 1.82) is 0 Å². The number of carbonyl (C=O) groups is 2. The summed E-state index contributed by atoms with van der Waals surface area (Å²) in [5.41, 5.74) is -0.259. The molecule has 1 saturated heterocycles. The number of anilines is 1. The van der Waals surface area contributed by atoms with Crippen molar-refractivity contribution in [3.63, 3.8) is 0 Å². The van der Waals surface area contributed by atoms with Crippen molar-refractivity contribution in [3.05, 3.63) is 42.5 Å². The van der Waals surface area contributed by atoms with Gasteiger partial charge in [0.25, 0.3) is 5.91 Å². The predicted octanol–water partition coefficient (Wildman–Crippen LogP) is 1.97. The van der Waals surface area contributed by atoms with E-state index in [0.717, 1.165) is 12.1 Å². The standard InChI is InChI=1S/C12H10F2N2O2/c1-2-3-9-11(17)16(12(18)15-9)10-5-4-7(13)6-8(10)14/h2,4-6,9H,1,3H2,(H,15,18). The van der Waals surface area contributed by atoms with Gasteiger partial charge in [-0.15, -0.1) is 6.58 Å². The quantitative estimate of drug-likeness (QED) is 0.660. The number of urea groups is 1. The molecule has 2 rings (SSSR count). The Kier molecular flexibility index (Phi) is 3.10. The van der Waals surface area contributed by atoms with E-state index >= 15 is 0 Å². The molecule has 1 atom stereocenters. The van der Waals surface area contributed by atoms with Gasteiger partial charge in [0.05, 0.1) is 5.69 Å². The molecular weight excluding hydrogens is 242 g/mol. The molecule has 1 heterocycles. The average molecular weight is 252 g/mol. The van der Waals surface area contributed by atoms with Crippen molar-refractivity contribution in [2.24, 2.45) is 0 Å². The molecule has 1 unspecified atom stereocenters. The van der Waals surface area contributed by atoms with Crippen molar-refractivity contribution in [2.45, 2.75) is 12.5 Å². The third-order valence-electron chi connectivity index (χ3n) is 2.57. The Morgan fingerprint density at radius 3 is 2.72 bits per heavy atom. The summed E-state index contributed by atoms with van der Waals surface area (Å²) in [5, 5.41) is 2.40. The molecule has 94 valence electrons. The van der Waals surface area contributed by atoms with E-state index in [1.165, 1.54) is 6.08 Å². The molecule has 1 fully saturated rings. The fourth-order valence-corrected chi connectivity index (χ4v) is 1.75. The van der Waals surface area contributed by atoms with E-state index in [2.05, 4.69) is 11.9 Å². The normalized spacial score (nSPS) is 19.0. The fourth-order valence-electron chi connectivity index (χ4n) is 1.75. The average Bonchev–Trinajstić information content (AvgIpc) is 2.56. The van der Waals surface area contributed by atoms with Gasteiger partial charge in [0, 0.05) is 6.07 Å². The smallest absolute Gasteiger partial charge is 0.325 e. The molecule has 4 nitrogen and oxygen atoms in total. The summed E-state index contributed by atoms with van der Waals surface area (Å²) in [6.45, 7) is 3.46. The van der Waals surface area contributed by atoms with E-state index in [0.29, 0.717) is 11.0 Å². The monoisotopic (exact) mass is 252 g/mol. The SMILES string of the molecule is C=CCC1NC(=O)N(c2ccc(F)cc2F)C1=O. The second-order valence-corrected chi connectivity index (χ2v) is 3.80. The van der Waals surface area contributed by atoms with Crippen molar-refractivity contribution < 1.29 is 18.4 Å². The van der Waals surface area contributed by atoms with Crippen LogP contribution in [-0.2, 0) is 4.79 Å². The van der Waals surface area contributed by atoms with Gasteiger partial charge < -0.3 is 5.32 Å². The summed E-state index contributed by atoms with van der Waals surface area (Å²) in [7, 11) is 0. The molecule has 3 amide bonds. The number of nitrogens with zero attached hydrogens (tertiary/aromatic N) is 1. The van der Waals surface area contributed by atoms with Crippen LogP contribution in [0.25, 0.3) is 0 Å². The number of halogens is 2. The number of amides is 3. The number of hydrogen-bond donors (Lipinski definition) is 1.